The molecule has 134 valence electrons. The van der Waals surface area contributed by atoms with Crippen LogP contribution in [0.2, 0.25) is 0 Å². The van der Waals surface area contributed by atoms with Crippen LogP contribution in [0.15, 0.2) is 36.4 Å². The van der Waals surface area contributed by atoms with Gasteiger partial charge in [-0.2, -0.15) is 0 Å². The van der Waals surface area contributed by atoms with Crippen molar-refractivity contribution in [3.63, 3.8) is 0 Å². The van der Waals surface area contributed by atoms with Crippen LogP contribution in [0.25, 0.3) is 0 Å². The van der Waals surface area contributed by atoms with E-state index >= 15 is 0 Å². The lowest BCUT2D eigenvalue weighted by Gasteiger charge is -2.39. The molecule has 0 bridgehead atoms. The van der Waals surface area contributed by atoms with Gasteiger partial charge in [-0.3, -0.25) is 0 Å². The molecule has 2 N–H and O–H groups in total. The van der Waals surface area contributed by atoms with Gasteiger partial charge in [-0.05, 0) is 49.1 Å². The summed E-state index contributed by atoms with van der Waals surface area (Å²) in [6, 6.07) is 13.0. The van der Waals surface area contributed by atoms with Crippen molar-refractivity contribution in [1.82, 2.24) is 0 Å². The van der Waals surface area contributed by atoms with Gasteiger partial charge in [0.1, 0.15) is 0 Å². The summed E-state index contributed by atoms with van der Waals surface area (Å²) in [7, 11) is 3.33. The second-order valence-electron chi connectivity index (χ2n) is 6.89. The van der Waals surface area contributed by atoms with Crippen molar-refractivity contribution < 1.29 is 9.47 Å². The molecule has 0 unspecified atom stereocenters. The van der Waals surface area contributed by atoms with E-state index in [1.54, 1.807) is 14.2 Å². The van der Waals surface area contributed by atoms with Gasteiger partial charge >= 0.3 is 0 Å². The van der Waals surface area contributed by atoms with Crippen LogP contribution < -0.4 is 20.1 Å². The van der Waals surface area contributed by atoms with Gasteiger partial charge in [0, 0.05) is 36.8 Å². The highest BCUT2D eigenvalue weighted by molar-refractivity contribution is 5.57. The highest BCUT2D eigenvalue weighted by Crippen LogP contribution is 2.35. The van der Waals surface area contributed by atoms with Gasteiger partial charge in [-0.1, -0.05) is 18.2 Å². The van der Waals surface area contributed by atoms with E-state index in [4.69, 9.17) is 15.2 Å². The summed E-state index contributed by atoms with van der Waals surface area (Å²) in [5.41, 5.74) is 11.6. The number of nitrogens with zero attached hydrogens (tertiary/aromatic N) is 1. The highest BCUT2D eigenvalue weighted by atomic mass is 16.5. The first-order valence-electron chi connectivity index (χ1n) is 8.83. The molecule has 1 aliphatic heterocycles. The predicted molar refractivity (Wildman–Crippen MR) is 103 cm³/mol. The van der Waals surface area contributed by atoms with E-state index in [0.717, 1.165) is 36.7 Å². The zero-order valence-electron chi connectivity index (χ0n) is 15.6. The molecule has 2 aromatic carbocycles. The first-order valence-corrected chi connectivity index (χ1v) is 8.83. The van der Waals surface area contributed by atoms with Crippen molar-refractivity contribution in [3.05, 3.63) is 53.1 Å². The molecule has 3 rings (SSSR count). The first-order chi connectivity index (χ1) is 12.0. The van der Waals surface area contributed by atoms with Gasteiger partial charge in [0.2, 0.25) is 0 Å². The maximum atomic E-state index is 6.47. The first kappa shape index (κ1) is 17.6. The number of hydrogen-bond acceptors (Lipinski definition) is 4. The number of hydrogen-bond donors (Lipinski definition) is 1. The van der Waals surface area contributed by atoms with Crippen LogP contribution in [0.1, 0.15) is 29.0 Å². The average Bonchev–Trinajstić information content (AvgIpc) is 2.64. The van der Waals surface area contributed by atoms with Gasteiger partial charge in [-0.25, -0.2) is 0 Å². The van der Waals surface area contributed by atoms with E-state index in [0.29, 0.717) is 5.92 Å². The van der Waals surface area contributed by atoms with Crippen LogP contribution in [0, 0.1) is 13.8 Å². The number of piperidine rings is 1. The molecular weight excluding hydrogens is 312 g/mol. The number of benzene rings is 2. The summed E-state index contributed by atoms with van der Waals surface area (Å²) in [6.07, 6.45) is 0.978. The number of anilines is 1. The standard InChI is InChI=1S/C21H28N2O2/c1-14-5-6-16(11-15(14)2)18-13-23(10-9-19(18)22)17-7-8-20(24-3)21(12-17)25-4/h5-8,11-12,18-19H,9-10,13,22H2,1-4H3/t18-,19+/m1/s1. The molecule has 1 heterocycles. The van der Waals surface area contributed by atoms with Crippen molar-refractivity contribution in [2.75, 3.05) is 32.2 Å². The molecule has 0 saturated carbocycles. The van der Waals surface area contributed by atoms with Gasteiger partial charge in [-0.15, -0.1) is 0 Å². The van der Waals surface area contributed by atoms with Crippen LogP contribution in [-0.4, -0.2) is 33.4 Å². The highest BCUT2D eigenvalue weighted by Gasteiger charge is 2.28. The van der Waals surface area contributed by atoms with Gasteiger partial charge in [0.25, 0.3) is 0 Å². The van der Waals surface area contributed by atoms with E-state index in [1.807, 2.05) is 12.1 Å². The fourth-order valence-corrected chi connectivity index (χ4v) is 3.57. The normalized spacial score (nSPS) is 20.4. The van der Waals surface area contributed by atoms with Crippen LogP contribution in [-0.2, 0) is 0 Å². The Bertz CT molecular complexity index is 745. The Morgan fingerprint density at radius 2 is 1.72 bits per heavy atom. The van der Waals surface area contributed by atoms with Crippen LogP contribution in [0.3, 0.4) is 0 Å². The van der Waals surface area contributed by atoms with Crippen LogP contribution >= 0.6 is 0 Å². The van der Waals surface area contributed by atoms with Crippen molar-refractivity contribution >= 4 is 5.69 Å². The molecular formula is C21H28N2O2. The van der Waals surface area contributed by atoms with Crippen molar-refractivity contribution in [2.24, 2.45) is 5.73 Å². The number of nitrogens with two attached hydrogens (primary N) is 1. The lowest BCUT2D eigenvalue weighted by Crippen LogP contribution is -2.45. The minimum Gasteiger partial charge on any atom is -0.493 e. The smallest absolute Gasteiger partial charge is 0.162 e. The van der Waals surface area contributed by atoms with Crippen molar-refractivity contribution in [1.29, 1.82) is 0 Å². The maximum absolute atomic E-state index is 6.47. The fourth-order valence-electron chi connectivity index (χ4n) is 3.57. The minimum atomic E-state index is 0.193. The number of aryl methyl sites for hydroxylation is 2. The van der Waals surface area contributed by atoms with Gasteiger partial charge in [0.05, 0.1) is 14.2 Å². The number of methoxy groups -OCH3 is 2. The largest absolute Gasteiger partial charge is 0.493 e. The second-order valence-corrected chi connectivity index (χ2v) is 6.89. The molecule has 0 aromatic heterocycles. The van der Waals surface area contributed by atoms with Crippen LogP contribution in [0.4, 0.5) is 5.69 Å². The Hall–Kier alpha value is -2.20. The Kier molecular flexibility index (Phi) is 5.19. The lowest BCUT2D eigenvalue weighted by molar-refractivity contribution is 0.354. The minimum absolute atomic E-state index is 0.193. The second kappa shape index (κ2) is 7.36. The molecule has 2 atom stereocenters. The number of rotatable bonds is 4. The molecule has 1 fully saturated rings. The van der Waals surface area contributed by atoms with Gasteiger partial charge < -0.3 is 20.1 Å². The third-order valence-electron chi connectivity index (χ3n) is 5.36. The molecule has 0 aliphatic carbocycles. The molecule has 2 aromatic rings. The molecule has 0 amide bonds. The zero-order valence-corrected chi connectivity index (χ0v) is 15.6. The Morgan fingerprint density at radius 1 is 0.960 bits per heavy atom. The summed E-state index contributed by atoms with van der Waals surface area (Å²) in [4.78, 5) is 2.39. The van der Waals surface area contributed by atoms with E-state index in [2.05, 4.69) is 43.0 Å². The Balaban J connectivity index is 1.86. The summed E-state index contributed by atoms with van der Waals surface area (Å²) in [5.74, 6) is 1.85. The summed E-state index contributed by atoms with van der Waals surface area (Å²) < 4.78 is 10.8. The van der Waals surface area contributed by atoms with Crippen molar-refractivity contribution in [2.45, 2.75) is 32.2 Å². The molecule has 25 heavy (non-hydrogen) atoms. The molecule has 4 heteroatoms. The SMILES string of the molecule is COc1ccc(N2CC[C@H](N)[C@@H](c3ccc(C)c(C)c3)C2)cc1OC. The molecule has 0 spiro atoms. The third kappa shape index (κ3) is 3.59. The topological polar surface area (TPSA) is 47.7 Å². The molecule has 0 radical (unpaired) electrons. The van der Waals surface area contributed by atoms with Gasteiger partial charge in [0.15, 0.2) is 11.5 Å². The zero-order chi connectivity index (χ0) is 18.0. The maximum Gasteiger partial charge on any atom is 0.162 e. The van der Waals surface area contributed by atoms with E-state index in [9.17, 15) is 0 Å². The number of ether oxygens (including phenoxy) is 2. The monoisotopic (exact) mass is 340 g/mol. The Morgan fingerprint density at radius 3 is 2.40 bits per heavy atom. The molecule has 1 aliphatic rings. The lowest BCUT2D eigenvalue weighted by atomic mass is 9.85. The van der Waals surface area contributed by atoms with E-state index in [1.165, 1.54) is 16.7 Å². The Labute approximate surface area is 150 Å². The predicted octanol–water partition coefficient (Wildman–Crippen LogP) is 3.64. The summed E-state index contributed by atoms with van der Waals surface area (Å²) in [5, 5.41) is 0. The van der Waals surface area contributed by atoms with E-state index in [-0.39, 0.29) is 6.04 Å². The quantitative estimate of drug-likeness (QED) is 0.923. The summed E-state index contributed by atoms with van der Waals surface area (Å²) >= 11 is 0. The fraction of sp³-hybridized carbons (Fsp3) is 0.429. The average molecular weight is 340 g/mol. The third-order valence-corrected chi connectivity index (χ3v) is 5.36. The van der Waals surface area contributed by atoms with E-state index < -0.39 is 0 Å². The van der Waals surface area contributed by atoms with Crippen molar-refractivity contribution in [3.8, 4) is 11.5 Å². The molecule has 4 nitrogen and oxygen atoms in total. The molecule has 1 saturated heterocycles. The van der Waals surface area contributed by atoms with Crippen LogP contribution in [0.5, 0.6) is 11.5 Å². The summed E-state index contributed by atoms with van der Waals surface area (Å²) in [6.45, 7) is 6.19.